The Balaban J connectivity index is 2.31. The van der Waals surface area contributed by atoms with Gasteiger partial charge in [-0.25, -0.2) is 8.42 Å². The van der Waals surface area contributed by atoms with Gasteiger partial charge in [0.15, 0.2) is 0 Å². The maximum atomic E-state index is 12.2. The number of aryl methyl sites for hydroxylation is 1. The van der Waals surface area contributed by atoms with Crippen LogP contribution >= 0.6 is 15.9 Å². The van der Waals surface area contributed by atoms with Gasteiger partial charge in [-0.15, -0.1) is 0 Å². The van der Waals surface area contributed by atoms with Gasteiger partial charge in [0.05, 0.1) is 22.5 Å². The highest BCUT2D eigenvalue weighted by atomic mass is 79.9. The molecule has 0 aliphatic heterocycles. The molecule has 102 valence electrons. The van der Waals surface area contributed by atoms with Crippen LogP contribution in [0.5, 0.6) is 0 Å². The van der Waals surface area contributed by atoms with E-state index in [-0.39, 0.29) is 4.90 Å². The van der Waals surface area contributed by atoms with Crippen molar-refractivity contribution < 1.29 is 8.42 Å². The van der Waals surface area contributed by atoms with Gasteiger partial charge in [-0.1, -0.05) is 15.9 Å². The Morgan fingerprint density at radius 3 is 2.47 bits per heavy atom. The molecule has 19 heavy (non-hydrogen) atoms. The summed E-state index contributed by atoms with van der Waals surface area (Å²) in [4.78, 5) is 0.222. The molecule has 2 rings (SSSR count). The average Bonchev–Trinajstić information content (AvgIpc) is 2.70. The number of benzene rings is 1. The van der Waals surface area contributed by atoms with Gasteiger partial charge in [0.1, 0.15) is 0 Å². The molecule has 7 heteroatoms. The van der Waals surface area contributed by atoms with Crippen molar-refractivity contribution in [2.75, 3.05) is 4.72 Å². The molecule has 0 saturated heterocycles. The van der Waals surface area contributed by atoms with Gasteiger partial charge in [-0.05, 0) is 38.1 Å². The van der Waals surface area contributed by atoms with E-state index in [4.69, 9.17) is 0 Å². The van der Waals surface area contributed by atoms with Crippen LogP contribution in [0.15, 0.2) is 39.8 Å². The topological polar surface area (TPSA) is 64.0 Å². The Bertz CT molecular complexity index is 678. The van der Waals surface area contributed by atoms with Crippen LogP contribution in [-0.4, -0.2) is 18.2 Å². The molecule has 0 amide bonds. The third-order valence-corrected chi connectivity index (χ3v) is 4.68. The first-order valence-electron chi connectivity index (χ1n) is 5.75. The van der Waals surface area contributed by atoms with Crippen molar-refractivity contribution in [2.24, 2.45) is 0 Å². The molecule has 1 heterocycles. The number of sulfonamides is 1. The molecular weight excluding hydrogens is 330 g/mol. The Kier molecular flexibility index (Phi) is 3.96. The van der Waals surface area contributed by atoms with Crippen molar-refractivity contribution in [1.82, 2.24) is 9.78 Å². The van der Waals surface area contributed by atoms with Crippen LogP contribution in [0.3, 0.4) is 0 Å². The first-order valence-corrected chi connectivity index (χ1v) is 8.02. The van der Waals surface area contributed by atoms with Crippen LogP contribution in [0.4, 0.5) is 5.69 Å². The lowest BCUT2D eigenvalue weighted by molar-refractivity contribution is 0.601. The number of nitrogens with one attached hydrogen (secondary N) is 1. The van der Waals surface area contributed by atoms with E-state index in [0.29, 0.717) is 12.2 Å². The van der Waals surface area contributed by atoms with Gasteiger partial charge < -0.3 is 0 Å². The summed E-state index contributed by atoms with van der Waals surface area (Å²) in [6.45, 7) is 4.48. The maximum absolute atomic E-state index is 12.2. The molecule has 0 radical (unpaired) electrons. The molecule has 0 atom stereocenters. The van der Waals surface area contributed by atoms with Crippen LogP contribution in [0.25, 0.3) is 0 Å². The smallest absolute Gasteiger partial charge is 0.262 e. The normalized spacial score (nSPS) is 11.5. The van der Waals surface area contributed by atoms with Gasteiger partial charge in [0.2, 0.25) is 0 Å². The monoisotopic (exact) mass is 343 g/mol. The number of hydrogen-bond donors (Lipinski definition) is 1. The Labute approximate surface area is 120 Å². The van der Waals surface area contributed by atoms with Gasteiger partial charge in [-0.3, -0.25) is 9.40 Å². The van der Waals surface area contributed by atoms with Crippen molar-refractivity contribution in [2.45, 2.75) is 25.3 Å². The summed E-state index contributed by atoms with van der Waals surface area (Å²) < 4.78 is 29.5. The summed E-state index contributed by atoms with van der Waals surface area (Å²) in [6.07, 6.45) is 1.52. The van der Waals surface area contributed by atoms with Crippen molar-refractivity contribution in [3.8, 4) is 0 Å². The molecule has 0 fully saturated rings. The highest BCUT2D eigenvalue weighted by Crippen LogP contribution is 2.20. The zero-order valence-electron chi connectivity index (χ0n) is 10.6. The Morgan fingerprint density at radius 2 is 1.95 bits per heavy atom. The minimum Gasteiger partial charge on any atom is -0.276 e. The number of anilines is 1. The molecule has 0 spiro atoms. The zero-order chi connectivity index (χ0) is 14.0. The van der Waals surface area contributed by atoms with Crippen LogP contribution < -0.4 is 4.72 Å². The van der Waals surface area contributed by atoms with E-state index in [1.807, 2.05) is 13.8 Å². The Hall–Kier alpha value is -1.34. The number of rotatable bonds is 4. The fourth-order valence-corrected chi connectivity index (χ4v) is 3.05. The summed E-state index contributed by atoms with van der Waals surface area (Å²) in [5.41, 5.74) is 1.30. The first kappa shape index (κ1) is 14.1. The zero-order valence-corrected chi connectivity index (χ0v) is 13.0. The molecule has 0 bridgehead atoms. The van der Waals surface area contributed by atoms with Crippen molar-refractivity contribution >= 4 is 31.6 Å². The molecule has 1 aromatic heterocycles. The molecule has 0 unspecified atom stereocenters. The van der Waals surface area contributed by atoms with Crippen molar-refractivity contribution in [3.05, 3.63) is 40.6 Å². The molecule has 1 N–H and O–H groups in total. The largest absolute Gasteiger partial charge is 0.276 e. The molecule has 0 aliphatic carbocycles. The van der Waals surface area contributed by atoms with Gasteiger partial charge >= 0.3 is 0 Å². The van der Waals surface area contributed by atoms with E-state index in [0.717, 1.165) is 10.2 Å². The lowest BCUT2D eigenvalue weighted by Gasteiger charge is -2.08. The standard InChI is InChI=1S/C12H14BrN3O2S/c1-3-16-9(2)12(8-14-16)15-19(17,18)11-6-4-10(13)5-7-11/h4-8,15H,3H2,1-2H3. The Morgan fingerprint density at radius 1 is 1.32 bits per heavy atom. The highest BCUT2D eigenvalue weighted by molar-refractivity contribution is 9.10. The fraction of sp³-hybridized carbons (Fsp3) is 0.250. The van der Waals surface area contributed by atoms with Crippen molar-refractivity contribution in [1.29, 1.82) is 0 Å². The first-order chi connectivity index (χ1) is 8.94. The summed E-state index contributed by atoms with van der Waals surface area (Å²) >= 11 is 3.27. The molecule has 0 aliphatic rings. The minimum atomic E-state index is -3.57. The molecule has 5 nitrogen and oxygen atoms in total. The van der Waals surface area contributed by atoms with Crippen LogP contribution in [0.1, 0.15) is 12.6 Å². The fourth-order valence-electron chi connectivity index (χ4n) is 1.68. The van der Waals surface area contributed by atoms with E-state index in [1.54, 1.807) is 28.9 Å². The number of hydrogen-bond acceptors (Lipinski definition) is 3. The van der Waals surface area contributed by atoms with Crippen LogP contribution in [0, 0.1) is 6.92 Å². The van der Waals surface area contributed by atoms with E-state index in [2.05, 4.69) is 25.8 Å². The lowest BCUT2D eigenvalue weighted by atomic mass is 10.4. The number of aromatic nitrogens is 2. The van der Waals surface area contributed by atoms with E-state index in [1.165, 1.54) is 6.20 Å². The third kappa shape index (κ3) is 2.98. The molecular formula is C12H14BrN3O2S. The van der Waals surface area contributed by atoms with Crippen LogP contribution in [0.2, 0.25) is 0 Å². The second-order valence-electron chi connectivity index (χ2n) is 4.02. The predicted octanol–water partition coefficient (Wildman–Crippen LogP) is 2.77. The summed E-state index contributed by atoms with van der Waals surface area (Å²) in [5, 5.41) is 4.11. The molecule has 1 aromatic carbocycles. The summed E-state index contributed by atoms with van der Waals surface area (Å²) in [7, 11) is -3.57. The second kappa shape index (κ2) is 5.34. The summed E-state index contributed by atoms with van der Waals surface area (Å²) in [5.74, 6) is 0. The van der Waals surface area contributed by atoms with E-state index in [9.17, 15) is 8.42 Å². The van der Waals surface area contributed by atoms with Crippen molar-refractivity contribution in [3.63, 3.8) is 0 Å². The predicted molar refractivity (Wildman–Crippen MR) is 77.6 cm³/mol. The van der Waals surface area contributed by atoms with Gasteiger partial charge in [-0.2, -0.15) is 5.10 Å². The summed E-state index contributed by atoms with van der Waals surface area (Å²) in [6, 6.07) is 6.48. The van der Waals surface area contributed by atoms with Gasteiger partial charge in [0, 0.05) is 11.0 Å². The van der Waals surface area contributed by atoms with E-state index < -0.39 is 10.0 Å². The van der Waals surface area contributed by atoms with E-state index >= 15 is 0 Å². The minimum absolute atomic E-state index is 0.222. The quantitative estimate of drug-likeness (QED) is 0.928. The molecule has 2 aromatic rings. The number of nitrogens with zero attached hydrogens (tertiary/aromatic N) is 2. The molecule has 0 saturated carbocycles. The third-order valence-electron chi connectivity index (χ3n) is 2.77. The lowest BCUT2D eigenvalue weighted by Crippen LogP contribution is -2.13. The number of halogens is 1. The van der Waals surface area contributed by atoms with Gasteiger partial charge in [0.25, 0.3) is 10.0 Å². The average molecular weight is 344 g/mol. The van der Waals surface area contributed by atoms with Crippen LogP contribution in [-0.2, 0) is 16.6 Å². The SMILES string of the molecule is CCn1ncc(NS(=O)(=O)c2ccc(Br)cc2)c1C. The highest BCUT2D eigenvalue weighted by Gasteiger charge is 2.16. The second-order valence-corrected chi connectivity index (χ2v) is 6.62. The maximum Gasteiger partial charge on any atom is 0.262 e.